The highest BCUT2D eigenvalue weighted by Gasteiger charge is 2.17. The summed E-state index contributed by atoms with van der Waals surface area (Å²) in [7, 11) is -4.92. The van der Waals surface area contributed by atoms with Crippen LogP contribution in [0, 0.1) is 11.8 Å². The summed E-state index contributed by atoms with van der Waals surface area (Å²) in [6.45, 7) is 7.28. The van der Waals surface area contributed by atoms with E-state index in [4.69, 9.17) is 0 Å². The van der Waals surface area contributed by atoms with Gasteiger partial charge in [0.25, 0.3) is 0 Å². The van der Waals surface area contributed by atoms with Gasteiger partial charge in [-0.05, 0) is 24.7 Å². The lowest BCUT2D eigenvalue weighted by Crippen LogP contribution is -2.22. The van der Waals surface area contributed by atoms with Crippen molar-refractivity contribution < 1.29 is 16.8 Å². The highest BCUT2D eigenvalue weighted by Crippen LogP contribution is 2.08. The molecule has 0 unspecified atom stereocenters. The molecule has 0 rings (SSSR count). The van der Waals surface area contributed by atoms with Gasteiger partial charge in [0.2, 0.25) is 20.6 Å². The van der Waals surface area contributed by atoms with Crippen LogP contribution in [-0.4, -0.2) is 26.6 Å². The molecule has 4 nitrogen and oxygen atoms in total. The van der Waals surface area contributed by atoms with E-state index in [0.717, 1.165) is 0 Å². The Morgan fingerprint density at radius 3 is 1.69 bits per heavy atom. The lowest BCUT2D eigenvalue weighted by atomic mass is 10.0. The molecule has 94 valence electrons. The first-order valence-corrected chi connectivity index (χ1v) is 7.33. The lowest BCUT2D eigenvalue weighted by Gasteiger charge is -2.08. The van der Waals surface area contributed by atoms with Crippen molar-refractivity contribution in [2.24, 2.45) is 11.8 Å². The van der Waals surface area contributed by atoms with Crippen molar-refractivity contribution in [2.75, 3.05) is 0 Å². The Bertz CT molecular complexity index is 477. The van der Waals surface area contributed by atoms with E-state index in [9.17, 15) is 16.8 Å². The van der Waals surface area contributed by atoms with Crippen LogP contribution >= 0.6 is 0 Å². The first-order valence-electron chi connectivity index (χ1n) is 5.18. The maximum atomic E-state index is 11.0. The number of rotatable bonds is 5. The van der Waals surface area contributed by atoms with Crippen LogP contribution < -0.4 is 0 Å². The summed E-state index contributed by atoms with van der Waals surface area (Å²) in [4.78, 5) is 0.0333. The van der Waals surface area contributed by atoms with Crippen molar-refractivity contribution in [1.29, 1.82) is 0 Å². The Morgan fingerprint density at radius 2 is 1.44 bits per heavy atom. The standard InChI is InChI=1S/C10H18O4S2/c1-7(2)5-6-9(15(11)12)10(8(3)4)16(13)14/h7-8H,5-6H2,1-4H3. The monoisotopic (exact) mass is 266 g/mol. The largest absolute Gasteiger partial charge is 0.218 e. The van der Waals surface area contributed by atoms with Crippen LogP contribution in [0.2, 0.25) is 0 Å². The second-order valence-corrected chi connectivity index (χ2v) is 6.22. The average Bonchev–Trinajstić information content (AvgIpc) is 2.09. The van der Waals surface area contributed by atoms with Crippen molar-refractivity contribution >= 4 is 30.3 Å². The first kappa shape index (κ1) is 15.4. The van der Waals surface area contributed by atoms with Crippen molar-refractivity contribution in [3.8, 4) is 0 Å². The van der Waals surface area contributed by atoms with Gasteiger partial charge in [-0.2, -0.15) is 16.8 Å². The van der Waals surface area contributed by atoms with Crippen LogP contribution in [0.1, 0.15) is 40.5 Å². The highest BCUT2D eigenvalue weighted by atomic mass is 32.2. The zero-order chi connectivity index (χ0) is 12.9. The molecule has 0 amide bonds. The summed E-state index contributed by atoms with van der Waals surface area (Å²) in [5.74, 6) is 0.0328. The van der Waals surface area contributed by atoms with E-state index < -0.39 is 20.6 Å². The van der Waals surface area contributed by atoms with Gasteiger partial charge in [-0.1, -0.05) is 27.7 Å². The van der Waals surface area contributed by atoms with E-state index in [1.807, 2.05) is 13.8 Å². The van der Waals surface area contributed by atoms with E-state index in [1.54, 1.807) is 13.8 Å². The second-order valence-electron chi connectivity index (χ2n) is 4.34. The Kier molecular flexibility index (Phi) is 6.59. The van der Waals surface area contributed by atoms with Crippen molar-refractivity contribution in [2.45, 2.75) is 40.5 Å². The third kappa shape index (κ3) is 4.94. The van der Waals surface area contributed by atoms with Gasteiger partial charge in [-0.15, -0.1) is 0 Å². The molecule has 16 heavy (non-hydrogen) atoms. The van der Waals surface area contributed by atoms with Crippen LogP contribution in [0.3, 0.4) is 0 Å². The zero-order valence-corrected chi connectivity index (χ0v) is 11.7. The molecule has 0 aromatic rings. The molecule has 0 radical (unpaired) electrons. The molecule has 0 aromatic heterocycles. The summed E-state index contributed by atoms with van der Waals surface area (Å²) in [5.41, 5.74) is 0. The second kappa shape index (κ2) is 6.85. The normalized spacial score (nSPS) is 10.6. The topological polar surface area (TPSA) is 68.3 Å². The smallest absolute Gasteiger partial charge is 0.184 e. The summed E-state index contributed by atoms with van der Waals surface area (Å²) in [6, 6.07) is 0. The minimum atomic E-state index is -2.46. The quantitative estimate of drug-likeness (QED) is 0.701. The summed E-state index contributed by atoms with van der Waals surface area (Å²) in [5, 5.41) is 0. The molecule has 0 heterocycles. The van der Waals surface area contributed by atoms with Crippen molar-refractivity contribution in [3.05, 3.63) is 0 Å². The molecule has 0 aromatic carbocycles. The SMILES string of the molecule is CC(C)CCC(C(C(C)C)=S(=O)=O)=S(=O)=O. The van der Waals surface area contributed by atoms with Crippen LogP contribution in [0.4, 0.5) is 0 Å². The lowest BCUT2D eigenvalue weighted by molar-refractivity contribution is 0.603. The van der Waals surface area contributed by atoms with Crippen molar-refractivity contribution in [1.82, 2.24) is 0 Å². The van der Waals surface area contributed by atoms with Gasteiger partial charge in [0.15, 0.2) is 0 Å². The van der Waals surface area contributed by atoms with Gasteiger partial charge >= 0.3 is 0 Å². The number of hydrogen-bond acceptors (Lipinski definition) is 4. The van der Waals surface area contributed by atoms with E-state index in [-0.39, 0.29) is 22.1 Å². The van der Waals surface area contributed by atoms with E-state index in [1.165, 1.54) is 0 Å². The molecular weight excluding hydrogens is 248 g/mol. The number of hydrogen-bond donors (Lipinski definition) is 0. The first-order chi connectivity index (χ1) is 7.27. The molecule has 0 spiro atoms. The molecule has 0 atom stereocenters. The summed E-state index contributed by atoms with van der Waals surface area (Å²) < 4.78 is 44.1. The van der Waals surface area contributed by atoms with Gasteiger partial charge in [0.1, 0.15) is 0 Å². The molecule has 0 aliphatic carbocycles. The Labute approximate surface area is 99.7 Å². The summed E-state index contributed by atoms with van der Waals surface area (Å²) in [6.07, 6.45) is 0.950. The molecular formula is C10H18O4S2. The zero-order valence-electron chi connectivity index (χ0n) is 10.0. The van der Waals surface area contributed by atoms with Gasteiger partial charge in [0.05, 0.1) is 9.73 Å². The molecule has 0 bridgehead atoms. The predicted molar refractivity (Wildman–Crippen MR) is 66.8 cm³/mol. The fourth-order valence-corrected chi connectivity index (χ4v) is 3.08. The fraction of sp³-hybridized carbons (Fsp3) is 0.800. The van der Waals surface area contributed by atoms with E-state index in [2.05, 4.69) is 0 Å². The minimum absolute atomic E-state index is 0.00832. The third-order valence-corrected chi connectivity index (χ3v) is 4.16. The Balaban J connectivity index is 5.43. The predicted octanol–water partition coefficient (Wildman–Crippen LogP) is 1.18. The third-order valence-electron chi connectivity index (χ3n) is 2.13. The molecule has 0 fully saturated rings. The van der Waals surface area contributed by atoms with Gasteiger partial charge in [-0.25, -0.2) is 0 Å². The maximum Gasteiger partial charge on any atom is 0.218 e. The summed E-state index contributed by atoms with van der Waals surface area (Å²) >= 11 is 0. The fourth-order valence-electron chi connectivity index (χ4n) is 1.32. The van der Waals surface area contributed by atoms with Gasteiger partial charge in [0, 0.05) is 0 Å². The van der Waals surface area contributed by atoms with Crippen LogP contribution in [0.5, 0.6) is 0 Å². The van der Waals surface area contributed by atoms with Gasteiger partial charge < -0.3 is 0 Å². The van der Waals surface area contributed by atoms with Gasteiger partial charge in [-0.3, -0.25) is 0 Å². The molecule has 0 N–H and O–H groups in total. The molecule has 0 aliphatic heterocycles. The van der Waals surface area contributed by atoms with E-state index >= 15 is 0 Å². The molecule has 0 aliphatic rings. The average molecular weight is 266 g/mol. The maximum absolute atomic E-state index is 11.0. The Morgan fingerprint density at radius 1 is 0.938 bits per heavy atom. The van der Waals surface area contributed by atoms with Crippen LogP contribution in [0.15, 0.2) is 0 Å². The molecule has 0 saturated carbocycles. The van der Waals surface area contributed by atoms with Crippen LogP contribution in [0.25, 0.3) is 0 Å². The van der Waals surface area contributed by atoms with Crippen LogP contribution in [-0.2, 0) is 20.6 Å². The highest BCUT2D eigenvalue weighted by molar-refractivity contribution is 7.82. The molecule has 6 heteroatoms. The molecule has 0 saturated heterocycles. The Hall–Kier alpha value is -0.620. The minimum Gasteiger partial charge on any atom is -0.184 e. The van der Waals surface area contributed by atoms with E-state index in [0.29, 0.717) is 12.3 Å². The van der Waals surface area contributed by atoms with Crippen molar-refractivity contribution in [3.63, 3.8) is 0 Å².